The molecule has 0 radical (unpaired) electrons. The minimum atomic E-state index is 0.262. The van der Waals surface area contributed by atoms with Crippen LogP contribution in [0.4, 0.5) is 5.69 Å². The van der Waals surface area contributed by atoms with Crippen molar-refractivity contribution < 1.29 is 0 Å². The smallest absolute Gasteiger partial charge is 0.173 e. The van der Waals surface area contributed by atoms with Crippen LogP contribution in [0.1, 0.15) is 24.1 Å². The van der Waals surface area contributed by atoms with Gasteiger partial charge in [-0.3, -0.25) is 4.68 Å². The Morgan fingerprint density at radius 2 is 2.15 bits per heavy atom. The molecule has 0 aromatic carbocycles. The van der Waals surface area contributed by atoms with Gasteiger partial charge < -0.3 is 4.90 Å². The van der Waals surface area contributed by atoms with Crippen molar-refractivity contribution in [3.63, 3.8) is 0 Å². The van der Waals surface area contributed by atoms with E-state index in [0.717, 1.165) is 35.9 Å². The Balaban J connectivity index is 1.68. The number of hydrogen-bond acceptors (Lipinski definition) is 5. The highest BCUT2D eigenvalue weighted by Gasteiger charge is 2.32. The Morgan fingerprint density at radius 1 is 1.25 bits per heavy atom. The molecule has 4 rings (SSSR count). The average Bonchev–Trinajstić information content (AvgIpc) is 2.93. The summed E-state index contributed by atoms with van der Waals surface area (Å²) in [7, 11) is 1.89. The van der Waals surface area contributed by atoms with Gasteiger partial charge in [0.25, 0.3) is 0 Å². The van der Waals surface area contributed by atoms with E-state index in [1.165, 1.54) is 0 Å². The molecule has 0 spiro atoms. The highest BCUT2D eigenvalue weighted by molar-refractivity contribution is 5.54. The summed E-state index contributed by atoms with van der Waals surface area (Å²) < 4.78 is 3.57. The van der Waals surface area contributed by atoms with E-state index < -0.39 is 0 Å². The molecule has 0 aliphatic carbocycles. The summed E-state index contributed by atoms with van der Waals surface area (Å²) in [4.78, 5) is 11.0. The molecule has 0 saturated carbocycles. The molecule has 7 heteroatoms. The largest absolute Gasteiger partial charge is 0.360 e. The molecule has 1 atom stereocenters. The predicted molar refractivity (Wildman–Crippen MR) is 73.4 cm³/mol. The molecule has 0 bridgehead atoms. The van der Waals surface area contributed by atoms with Crippen molar-refractivity contribution in [2.45, 2.75) is 19.4 Å². The normalized spacial score (nSPS) is 18.5. The van der Waals surface area contributed by atoms with Crippen LogP contribution in [0.25, 0.3) is 5.65 Å². The maximum absolute atomic E-state index is 4.40. The lowest BCUT2D eigenvalue weighted by molar-refractivity contribution is 0.442. The lowest BCUT2D eigenvalue weighted by atomic mass is 10.0. The summed E-state index contributed by atoms with van der Waals surface area (Å²) in [6, 6.07) is 4.34. The number of fused-ring (bicyclic) bond motifs is 1. The Hall–Kier alpha value is -2.44. The first kappa shape index (κ1) is 11.4. The zero-order chi connectivity index (χ0) is 13.7. The number of hydrogen-bond donors (Lipinski definition) is 0. The van der Waals surface area contributed by atoms with Crippen LogP contribution in [-0.2, 0) is 7.05 Å². The standard InChI is InChI=1S/C13H15N7/c1-9-15-12-4-3-10(7-20(12)16-9)19-6-5-11(19)13-14-8-18(2)17-13/h3-4,7-8,11H,5-6H2,1-2H3. The highest BCUT2D eigenvalue weighted by Crippen LogP contribution is 2.35. The molecule has 20 heavy (non-hydrogen) atoms. The molecule has 3 aromatic heterocycles. The molecule has 102 valence electrons. The van der Waals surface area contributed by atoms with E-state index in [9.17, 15) is 0 Å². The van der Waals surface area contributed by atoms with Crippen molar-refractivity contribution in [1.29, 1.82) is 0 Å². The van der Waals surface area contributed by atoms with E-state index in [2.05, 4.69) is 31.1 Å². The number of anilines is 1. The minimum Gasteiger partial charge on any atom is -0.360 e. The van der Waals surface area contributed by atoms with Crippen molar-refractivity contribution >= 4 is 11.3 Å². The van der Waals surface area contributed by atoms with Gasteiger partial charge in [-0.2, -0.15) is 10.2 Å². The Kier molecular flexibility index (Phi) is 2.29. The molecule has 1 aliphatic heterocycles. The zero-order valence-electron chi connectivity index (χ0n) is 11.4. The first-order valence-corrected chi connectivity index (χ1v) is 6.66. The van der Waals surface area contributed by atoms with Crippen LogP contribution in [0.5, 0.6) is 0 Å². The molecule has 1 unspecified atom stereocenters. The van der Waals surface area contributed by atoms with Crippen LogP contribution in [0.3, 0.4) is 0 Å². The van der Waals surface area contributed by atoms with Crippen molar-refractivity contribution in [2.75, 3.05) is 11.4 Å². The molecule has 0 amide bonds. The molecule has 1 saturated heterocycles. The molecule has 1 fully saturated rings. The van der Waals surface area contributed by atoms with Gasteiger partial charge in [0.05, 0.1) is 17.9 Å². The molecular formula is C13H15N7. The fourth-order valence-electron chi connectivity index (χ4n) is 2.63. The van der Waals surface area contributed by atoms with E-state index in [-0.39, 0.29) is 6.04 Å². The predicted octanol–water partition coefficient (Wildman–Crippen LogP) is 1.12. The molecule has 4 heterocycles. The Bertz CT molecular complexity index is 772. The first-order chi connectivity index (χ1) is 9.70. The third-order valence-electron chi connectivity index (χ3n) is 3.69. The maximum atomic E-state index is 4.40. The number of nitrogens with zero attached hydrogens (tertiary/aromatic N) is 7. The van der Waals surface area contributed by atoms with Gasteiger partial charge in [0.15, 0.2) is 11.5 Å². The fourth-order valence-corrected chi connectivity index (χ4v) is 2.63. The van der Waals surface area contributed by atoms with E-state index >= 15 is 0 Å². The lowest BCUT2D eigenvalue weighted by Crippen LogP contribution is -2.41. The molecule has 7 nitrogen and oxygen atoms in total. The second kappa shape index (κ2) is 4.03. The van der Waals surface area contributed by atoms with Crippen LogP contribution in [-0.4, -0.2) is 35.9 Å². The van der Waals surface area contributed by atoms with Crippen LogP contribution >= 0.6 is 0 Å². The van der Waals surface area contributed by atoms with E-state index in [4.69, 9.17) is 0 Å². The summed E-state index contributed by atoms with van der Waals surface area (Å²) in [6.07, 6.45) is 4.85. The zero-order valence-corrected chi connectivity index (χ0v) is 11.4. The van der Waals surface area contributed by atoms with E-state index in [1.54, 1.807) is 11.0 Å². The second-order valence-electron chi connectivity index (χ2n) is 5.12. The quantitative estimate of drug-likeness (QED) is 0.697. The van der Waals surface area contributed by atoms with Crippen molar-refractivity contribution in [3.8, 4) is 0 Å². The molecular weight excluding hydrogens is 254 g/mol. The van der Waals surface area contributed by atoms with Gasteiger partial charge in [0.1, 0.15) is 12.2 Å². The summed E-state index contributed by atoms with van der Waals surface area (Å²) in [6.45, 7) is 2.92. The molecule has 1 aliphatic rings. The van der Waals surface area contributed by atoms with Gasteiger partial charge in [-0.25, -0.2) is 14.5 Å². The number of aryl methyl sites for hydroxylation is 2. The lowest BCUT2D eigenvalue weighted by Gasteiger charge is -2.41. The number of rotatable bonds is 2. The topological polar surface area (TPSA) is 64.1 Å². The average molecular weight is 269 g/mol. The van der Waals surface area contributed by atoms with Crippen molar-refractivity contribution in [3.05, 3.63) is 36.3 Å². The van der Waals surface area contributed by atoms with Crippen LogP contribution in [0.15, 0.2) is 24.7 Å². The summed E-state index contributed by atoms with van der Waals surface area (Å²) in [5, 5.41) is 8.76. The Morgan fingerprint density at radius 3 is 2.85 bits per heavy atom. The Labute approximate surface area is 115 Å². The second-order valence-corrected chi connectivity index (χ2v) is 5.12. The third-order valence-corrected chi connectivity index (χ3v) is 3.69. The van der Waals surface area contributed by atoms with Gasteiger partial charge in [-0.15, -0.1) is 0 Å². The van der Waals surface area contributed by atoms with E-state index in [1.807, 2.05) is 30.8 Å². The third kappa shape index (κ3) is 1.66. The number of aromatic nitrogens is 6. The SMILES string of the molecule is Cc1nc2ccc(N3CCC3c3ncn(C)n3)cn2n1. The minimum absolute atomic E-state index is 0.262. The van der Waals surface area contributed by atoms with Gasteiger partial charge in [0.2, 0.25) is 0 Å². The van der Waals surface area contributed by atoms with Gasteiger partial charge in [-0.1, -0.05) is 0 Å². The van der Waals surface area contributed by atoms with Gasteiger partial charge in [-0.05, 0) is 25.5 Å². The van der Waals surface area contributed by atoms with Crippen molar-refractivity contribution in [1.82, 2.24) is 29.4 Å². The highest BCUT2D eigenvalue weighted by atomic mass is 15.4. The van der Waals surface area contributed by atoms with Gasteiger partial charge in [0, 0.05) is 13.6 Å². The first-order valence-electron chi connectivity index (χ1n) is 6.66. The van der Waals surface area contributed by atoms with Crippen LogP contribution in [0, 0.1) is 6.92 Å². The molecule has 0 N–H and O–H groups in total. The maximum Gasteiger partial charge on any atom is 0.173 e. The fraction of sp³-hybridized carbons (Fsp3) is 0.385. The monoisotopic (exact) mass is 269 g/mol. The van der Waals surface area contributed by atoms with Crippen LogP contribution < -0.4 is 4.90 Å². The van der Waals surface area contributed by atoms with Crippen molar-refractivity contribution in [2.24, 2.45) is 7.05 Å². The number of pyridine rings is 1. The van der Waals surface area contributed by atoms with Crippen LogP contribution in [0.2, 0.25) is 0 Å². The molecule has 3 aromatic rings. The summed E-state index contributed by atoms with van der Waals surface area (Å²) >= 11 is 0. The summed E-state index contributed by atoms with van der Waals surface area (Å²) in [5.41, 5.74) is 2.00. The van der Waals surface area contributed by atoms with Gasteiger partial charge >= 0.3 is 0 Å². The summed E-state index contributed by atoms with van der Waals surface area (Å²) in [5.74, 6) is 1.67. The van der Waals surface area contributed by atoms with E-state index in [0.29, 0.717) is 0 Å².